The van der Waals surface area contributed by atoms with Crippen LogP contribution < -0.4 is 14.7 Å². The third-order valence-electron chi connectivity index (χ3n) is 26.2. The number of Topliss-reactive ketones (excluding diaryl/α,β-unsaturated/α-hetero) is 1. The Morgan fingerprint density at radius 2 is 0.760 bits per heavy atom. The highest BCUT2D eigenvalue weighted by atomic mass is 32.1. The number of aromatic nitrogens is 15. The number of pyridine rings is 1. The maximum Gasteiger partial charge on any atom is 0.338 e. The molecule has 0 unspecified atom stereocenters. The topological polar surface area (TPSA) is 391 Å². The summed E-state index contributed by atoms with van der Waals surface area (Å²) in [4.78, 5) is 131. The van der Waals surface area contributed by atoms with E-state index in [2.05, 4.69) is 174 Å². The molecule has 1 fully saturated rings. The van der Waals surface area contributed by atoms with Crippen LogP contribution in [-0.4, -0.2) is 155 Å². The molecule has 0 atom stereocenters. The lowest BCUT2D eigenvalue weighted by molar-refractivity contribution is -0.125. The number of carboxylic acid groups (broad SMARTS) is 5. The minimum atomic E-state index is -1.03. The van der Waals surface area contributed by atoms with Crippen molar-refractivity contribution in [1.82, 2.24) is 74.4 Å². The van der Waals surface area contributed by atoms with Crippen LogP contribution in [0.2, 0.25) is 0 Å². The van der Waals surface area contributed by atoms with E-state index in [-0.39, 0.29) is 82.3 Å². The number of hydrogen-bond acceptors (Lipinski definition) is 27. The standard InChI is InChI=1S/C20H26N4O2S.C20H23N3O2S.C19H23N3O3S.C18H20N4O2S.C18H24N4O2S/c1-19(2)7-8-20(3,4)15-14(19)23-18(27-15)24(11-12-5-6-12)17-21-9-13(10-22-17)16(25)26;1-11-21-13-10-12(17(24)25)6-7-14(13)23(11)18-22-15-16(26-18)20(4,5)9-8-19(15,2)3;1-6-22(13-8-7-11(10-20-13)16(24)25)17-21-14-15(26-17)18(2,3)9-12(23)19(14,4)5;1-17(2)7-8-18(3,4)14-13(17)19-16(25-14)22-12-6-5-10(15(23)24)9-11(12)20-21-22;1-6-22(15-19-9-11(10-20-15)14(23)24)16-21-12-13(25-16)18(4,5)8-7-17(12,2)3/h9-10,12H,5-8,11H2,1-4H3,(H,25,26);6-7,10H,8-9H2,1-5H3,(H,24,25);7-8,10H,6,9H2,1-5H3,(H,24,25);5-6,9H,7-8H2,1-4H3,(H,23,24);9-10H,6-8H2,1-5H3,(H,23,24). The van der Waals surface area contributed by atoms with E-state index in [9.17, 15) is 33.9 Å². The largest absolute Gasteiger partial charge is 0.478 e. The highest BCUT2D eigenvalue weighted by Crippen LogP contribution is 2.56. The predicted molar refractivity (Wildman–Crippen MR) is 507 cm³/mol. The minimum Gasteiger partial charge on any atom is -0.478 e. The summed E-state index contributed by atoms with van der Waals surface area (Å²) in [5.41, 5.74) is 9.16. The lowest BCUT2D eigenvalue weighted by Crippen LogP contribution is -2.41. The van der Waals surface area contributed by atoms with Gasteiger partial charge in [-0.2, -0.15) is 4.68 Å². The summed E-state index contributed by atoms with van der Waals surface area (Å²) in [6.45, 7) is 52.4. The summed E-state index contributed by atoms with van der Waals surface area (Å²) >= 11 is 8.44. The number of aromatic carboxylic acids is 5. The molecule has 682 valence electrons. The van der Waals surface area contributed by atoms with Gasteiger partial charge in [0.15, 0.2) is 20.5 Å². The molecule has 6 aliphatic carbocycles. The molecule has 2 aromatic carbocycles. The predicted octanol–water partition coefficient (Wildman–Crippen LogP) is 21.4. The van der Waals surface area contributed by atoms with Gasteiger partial charge in [-0.1, -0.05) is 141 Å². The van der Waals surface area contributed by atoms with Crippen molar-refractivity contribution < 1.29 is 54.3 Å². The molecule has 6 aliphatic rings. The van der Waals surface area contributed by atoms with Crippen LogP contribution in [0.4, 0.5) is 33.1 Å². The summed E-state index contributed by atoms with van der Waals surface area (Å²) < 4.78 is 3.77. The van der Waals surface area contributed by atoms with Gasteiger partial charge in [-0.05, 0) is 153 Å². The van der Waals surface area contributed by atoms with E-state index in [4.69, 9.17) is 45.3 Å². The fourth-order valence-corrected chi connectivity index (χ4v) is 24.0. The summed E-state index contributed by atoms with van der Waals surface area (Å²) in [7, 11) is 0. The third-order valence-corrected chi connectivity index (χ3v) is 33.4. The number of hydrogen-bond donors (Lipinski definition) is 5. The Hall–Kier alpha value is -10.8. The van der Waals surface area contributed by atoms with Crippen molar-refractivity contribution in [2.24, 2.45) is 5.92 Å². The number of carbonyl (C=O) groups is 6. The molecule has 34 heteroatoms. The van der Waals surface area contributed by atoms with Crippen molar-refractivity contribution in [3.63, 3.8) is 0 Å². The summed E-state index contributed by atoms with van der Waals surface area (Å²) in [6.07, 6.45) is 18.8. The number of rotatable bonds is 17. The number of thiazole rings is 5. The molecule has 0 amide bonds. The van der Waals surface area contributed by atoms with E-state index in [1.165, 1.54) is 86.5 Å². The second-order valence-electron chi connectivity index (χ2n) is 41.0. The molecule has 0 spiro atoms. The smallest absolute Gasteiger partial charge is 0.338 e. The zero-order valence-electron chi connectivity index (χ0n) is 77.8. The lowest BCUT2D eigenvalue weighted by Gasteiger charge is -2.37. The van der Waals surface area contributed by atoms with Crippen molar-refractivity contribution in [3.8, 4) is 10.3 Å². The normalized spacial score (nSPS) is 18.4. The van der Waals surface area contributed by atoms with Gasteiger partial charge in [-0.15, -0.1) is 50.4 Å². The Morgan fingerprint density at radius 1 is 0.395 bits per heavy atom. The van der Waals surface area contributed by atoms with Gasteiger partial charge in [-0.25, -0.2) is 78.8 Å². The average molecular weight is 1850 g/mol. The van der Waals surface area contributed by atoms with Crippen LogP contribution >= 0.6 is 56.7 Å². The van der Waals surface area contributed by atoms with Gasteiger partial charge in [0.25, 0.3) is 0 Å². The number of carbonyl (C=O) groups excluding carboxylic acids is 1. The Labute approximate surface area is 771 Å². The van der Waals surface area contributed by atoms with E-state index in [0.29, 0.717) is 54.2 Å². The summed E-state index contributed by atoms with van der Waals surface area (Å²) in [5, 5.41) is 58.2. The molecule has 18 rings (SSSR count). The fraction of sp³-hybridized carbons (Fsp3) is 0.505. The Kier molecular flexibility index (Phi) is 25.2. The average Bonchev–Trinajstić information content (AvgIpc) is 1.60. The first kappa shape index (κ1) is 94.3. The molecule has 10 heterocycles. The summed E-state index contributed by atoms with van der Waals surface area (Å²) in [6, 6.07) is 13.2. The van der Waals surface area contributed by atoms with E-state index in [1.807, 2.05) is 50.5 Å². The van der Waals surface area contributed by atoms with Gasteiger partial charge in [0.2, 0.25) is 17.0 Å². The highest BCUT2D eigenvalue weighted by molar-refractivity contribution is 7.17. The molecular weight excluding hydrogens is 1730 g/mol. The molecule has 0 radical (unpaired) electrons. The first-order valence-electron chi connectivity index (χ1n) is 43.8. The van der Waals surface area contributed by atoms with Crippen LogP contribution in [0, 0.1) is 12.8 Å². The van der Waals surface area contributed by atoms with Gasteiger partial charge in [-0.3, -0.25) is 19.2 Å². The van der Waals surface area contributed by atoms with Crippen molar-refractivity contribution in [3.05, 3.63) is 166 Å². The van der Waals surface area contributed by atoms with E-state index >= 15 is 0 Å². The maximum atomic E-state index is 12.6. The quantitative estimate of drug-likeness (QED) is 0.0565. The molecular formula is C95H116N18O11S5. The van der Waals surface area contributed by atoms with Crippen molar-refractivity contribution in [1.29, 1.82) is 0 Å². The number of nitrogens with zero attached hydrogens (tertiary/aromatic N) is 18. The minimum absolute atomic E-state index is 0.0481. The number of ketones is 1. The van der Waals surface area contributed by atoms with E-state index in [0.717, 1.165) is 117 Å². The Bertz CT molecular complexity index is 6200. The molecule has 29 nitrogen and oxygen atoms in total. The summed E-state index contributed by atoms with van der Waals surface area (Å²) in [5.74, 6) is -1.62. The molecule has 5 N–H and O–H groups in total. The van der Waals surface area contributed by atoms with Crippen LogP contribution in [0.5, 0.6) is 0 Å². The second-order valence-corrected chi connectivity index (χ2v) is 45.9. The Balaban J connectivity index is 0.000000130. The highest BCUT2D eigenvalue weighted by Gasteiger charge is 2.49. The molecule has 0 aliphatic heterocycles. The molecule has 0 saturated heterocycles. The van der Waals surface area contributed by atoms with Crippen LogP contribution in [0.3, 0.4) is 0 Å². The van der Waals surface area contributed by atoms with Gasteiger partial charge < -0.3 is 30.4 Å². The van der Waals surface area contributed by atoms with E-state index < -0.39 is 35.3 Å². The number of carboxylic acids is 5. The fourth-order valence-electron chi connectivity index (χ4n) is 17.0. The van der Waals surface area contributed by atoms with Crippen LogP contribution in [0.1, 0.15) is 333 Å². The number of aryl methyl sites for hydroxylation is 1. The van der Waals surface area contributed by atoms with Crippen LogP contribution in [-0.2, 0) is 58.9 Å². The van der Waals surface area contributed by atoms with Crippen molar-refractivity contribution >= 4 is 147 Å². The lowest BCUT2D eigenvalue weighted by atomic mass is 9.68. The van der Waals surface area contributed by atoms with E-state index in [1.54, 1.807) is 97.8 Å². The molecule has 129 heavy (non-hydrogen) atoms. The van der Waals surface area contributed by atoms with Crippen molar-refractivity contribution in [2.45, 2.75) is 284 Å². The molecule has 10 aromatic heterocycles. The van der Waals surface area contributed by atoms with Gasteiger partial charge in [0.05, 0.1) is 78.3 Å². The monoisotopic (exact) mass is 1840 g/mol. The third kappa shape index (κ3) is 18.7. The number of fused-ring (bicyclic) bond motifs is 7. The van der Waals surface area contributed by atoms with Crippen LogP contribution in [0.15, 0.2) is 79.5 Å². The van der Waals surface area contributed by atoms with Gasteiger partial charge in [0, 0.05) is 130 Å². The first-order valence-corrected chi connectivity index (χ1v) is 47.8. The molecule has 12 aromatic rings. The van der Waals surface area contributed by atoms with Gasteiger partial charge in [0.1, 0.15) is 22.9 Å². The van der Waals surface area contributed by atoms with Crippen LogP contribution in [0.25, 0.3) is 32.3 Å². The first-order chi connectivity index (χ1) is 60.2. The molecule has 0 bridgehead atoms. The zero-order valence-corrected chi connectivity index (χ0v) is 81.8. The number of imidazole rings is 1. The second kappa shape index (κ2) is 34.5. The maximum absolute atomic E-state index is 12.6. The SMILES string of the molecule is CC1(C)CCC(C)(C)c2sc(-n3nnc4cc(C(=O)O)ccc43)nc21.CC1(C)CCC(C)(C)c2sc(N(CC3CC3)c3ncc(C(=O)O)cn3)nc21.CCN(c1ccc(C(=O)O)cn1)c1nc2c(s1)C(C)(C)CC(=O)C2(C)C.CCN(c1ncc(C(=O)O)cn1)c1nc2c(s1)C(C)(C)CCC2(C)C.Cc1nc2cc(C(=O)O)ccc2n1-c1nc2c(s1)C(C)(C)CCC2(C)C. The zero-order chi connectivity index (χ0) is 93.9. The van der Waals surface area contributed by atoms with Gasteiger partial charge >= 0.3 is 29.8 Å². The number of anilines is 6. The molecule has 1 saturated carbocycles. The Morgan fingerprint density at radius 3 is 1.18 bits per heavy atom. The van der Waals surface area contributed by atoms with Crippen molar-refractivity contribution in [2.75, 3.05) is 34.3 Å². The number of benzene rings is 2.